The first-order valence-corrected chi connectivity index (χ1v) is 7.05. The molecule has 0 aromatic carbocycles. The summed E-state index contributed by atoms with van der Waals surface area (Å²) >= 11 is 1.74. The fraction of sp³-hybridized carbons (Fsp3) is 0.500. The van der Waals surface area contributed by atoms with Crippen molar-refractivity contribution in [1.29, 1.82) is 0 Å². The molecule has 5 nitrogen and oxygen atoms in total. The van der Waals surface area contributed by atoms with Crippen LogP contribution in [0.1, 0.15) is 31.4 Å². The molecule has 2 N–H and O–H groups in total. The van der Waals surface area contributed by atoms with Crippen LogP contribution in [0.4, 0.5) is 0 Å². The van der Waals surface area contributed by atoms with Gasteiger partial charge in [0.25, 0.3) is 0 Å². The third kappa shape index (κ3) is 2.01. The van der Waals surface area contributed by atoms with Crippen LogP contribution in [-0.4, -0.2) is 20.1 Å². The van der Waals surface area contributed by atoms with Crippen LogP contribution in [0.15, 0.2) is 21.9 Å². The van der Waals surface area contributed by atoms with Gasteiger partial charge in [-0.15, -0.1) is 10.2 Å². The highest BCUT2D eigenvalue weighted by Crippen LogP contribution is 2.34. The van der Waals surface area contributed by atoms with Crippen molar-refractivity contribution < 1.29 is 4.42 Å². The van der Waals surface area contributed by atoms with Crippen molar-refractivity contribution in [3.63, 3.8) is 0 Å². The van der Waals surface area contributed by atoms with Gasteiger partial charge in [0.1, 0.15) is 5.76 Å². The zero-order valence-electron chi connectivity index (χ0n) is 10.3. The van der Waals surface area contributed by atoms with Crippen molar-refractivity contribution in [1.82, 2.24) is 14.9 Å². The summed E-state index contributed by atoms with van der Waals surface area (Å²) in [6.07, 6.45) is 6.76. The molecule has 18 heavy (non-hydrogen) atoms. The summed E-state index contributed by atoms with van der Waals surface area (Å²) in [4.78, 5) is 0. The molecule has 96 valence electrons. The number of nitrogens with zero attached hydrogens (tertiary/aromatic N) is 3. The largest absolute Gasteiger partial charge is 0.469 e. The van der Waals surface area contributed by atoms with Gasteiger partial charge in [-0.2, -0.15) is 0 Å². The van der Waals surface area contributed by atoms with Crippen molar-refractivity contribution in [3.05, 3.63) is 18.1 Å². The molecule has 1 fully saturated rings. The highest BCUT2D eigenvalue weighted by atomic mass is 32.2. The van der Waals surface area contributed by atoms with Crippen LogP contribution in [0.5, 0.6) is 0 Å². The minimum atomic E-state index is 0.634. The smallest absolute Gasteiger partial charge is 0.210 e. The first-order chi connectivity index (χ1) is 8.75. The normalized spacial score (nSPS) is 16.5. The van der Waals surface area contributed by atoms with Crippen molar-refractivity contribution in [2.75, 3.05) is 5.84 Å². The maximum Gasteiger partial charge on any atom is 0.210 e. The van der Waals surface area contributed by atoms with E-state index in [1.165, 1.54) is 25.7 Å². The van der Waals surface area contributed by atoms with E-state index in [9.17, 15) is 0 Å². The molecule has 2 heterocycles. The van der Waals surface area contributed by atoms with Gasteiger partial charge in [0.15, 0.2) is 5.82 Å². The monoisotopic (exact) mass is 264 g/mol. The topological polar surface area (TPSA) is 69.9 Å². The molecule has 2 aromatic rings. The van der Waals surface area contributed by atoms with Gasteiger partial charge in [0.2, 0.25) is 5.16 Å². The maximum absolute atomic E-state index is 6.07. The molecule has 0 bridgehead atoms. The Labute approximate surface area is 110 Å². The van der Waals surface area contributed by atoms with Crippen LogP contribution < -0.4 is 5.84 Å². The summed E-state index contributed by atoms with van der Waals surface area (Å²) in [5.74, 6) is 7.55. The van der Waals surface area contributed by atoms with Crippen LogP contribution in [0.3, 0.4) is 0 Å². The van der Waals surface area contributed by atoms with Gasteiger partial charge in [-0.3, -0.25) is 0 Å². The van der Waals surface area contributed by atoms with Gasteiger partial charge in [0.05, 0.1) is 11.8 Å². The third-order valence-corrected chi connectivity index (χ3v) is 4.63. The fourth-order valence-corrected chi connectivity index (χ4v) is 3.47. The SMILES string of the molecule is Cc1occc1-c1nnc(SC2CCCC2)n1N. The highest BCUT2D eigenvalue weighted by Gasteiger charge is 2.21. The van der Waals surface area contributed by atoms with Crippen molar-refractivity contribution in [2.45, 2.75) is 43.0 Å². The van der Waals surface area contributed by atoms with Gasteiger partial charge in [0, 0.05) is 5.25 Å². The Morgan fingerprint density at radius 3 is 2.83 bits per heavy atom. The van der Waals surface area contributed by atoms with Crippen LogP contribution >= 0.6 is 11.8 Å². The second-order valence-electron chi connectivity index (χ2n) is 4.59. The standard InChI is InChI=1S/C12H16N4OS/c1-8-10(6-7-17-8)11-14-15-12(16(11)13)18-9-4-2-3-5-9/h6-7,9H,2-5,13H2,1H3. The fourth-order valence-electron chi connectivity index (χ4n) is 2.31. The molecule has 3 rings (SSSR count). The van der Waals surface area contributed by atoms with E-state index in [-0.39, 0.29) is 0 Å². The number of aromatic nitrogens is 3. The molecular weight excluding hydrogens is 248 g/mol. The summed E-state index contributed by atoms with van der Waals surface area (Å²) < 4.78 is 6.84. The molecule has 1 saturated carbocycles. The predicted octanol–water partition coefficient (Wildman–Crippen LogP) is 2.60. The number of nitrogens with two attached hydrogens (primary N) is 1. The molecular formula is C12H16N4OS. The van der Waals surface area contributed by atoms with Crippen LogP contribution in [0.2, 0.25) is 0 Å². The average Bonchev–Trinajstić information content (AvgIpc) is 3.05. The van der Waals surface area contributed by atoms with Crippen LogP contribution in [0, 0.1) is 6.92 Å². The Balaban J connectivity index is 1.85. The van der Waals surface area contributed by atoms with Crippen LogP contribution in [0.25, 0.3) is 11.4 Å². The Morgan fingerprint density at radius 1 is 1.39 bits per heavy atom. The Bertz CT molecular complexity index is 542. The van der Waals surface area contributed by atoms with Crippen molar-refractivity contribution >= 4 is 11.8 Å². The zero-order chi connectivity index (χ0) is 12.5. The number of hydrogen-bond donors (Lipinski definition) is 1. The van der Waals surface area contributed by atoms with E-state index in [1.807, 2.05) is 13.0 Å². The van der Waals surface area contributed by atoms with Gasteiger partial charge >= 0.3 is 0 Å². The molecule has 2 aromatic heterocycles. The molecule has 6 heteroatoms. The van der Waals surface area contributed by atoms with E-state index in [2.05, 4.69) is 10.2 Å². The lowest BCUT2D eigenvalue weighted by Crippen LogP contribution is -2.12. The molecule has 0 spiro atoms. The summed E-state index contributed by atoms with van der Waals surface area (Å²) in [5, 5.41) is 9.78. The Morgan fingerprint density at radius 2 is 2.17 bits per heavy atom. The number of hydrogen-bond acceptors (Lipinski definition) is 5. The number of nitrogen functional groups attached to an aromatic ring is 1. The lowest BCUT2D eigenvalue weighted by atomic mass is 10.2. The Hall–Kier alpha value is -1.43. The number of thioether (sulfide) groups is 1. The molecule has 0 radical (unpaired) electrons. The number of rotatable bonds is 3. The van der Waals surface area contributed by atoms with Gasteiger partial charge in [-0.05, 0) is 25.8 Å². The molecule has 0 aliphatic heterocycles. The van der Waals surface area contributed by atoms with Gasteiger partial charge < -0.3 is 10.3 Å². The Kier molecular flexibility index (Phi) is 3.03. The molecule has 0 atom stereocenters. The first kappa shape index (κ1) is 11.6. The maximum atomic E-state index is 6.07. The summed E-state index contributed by atoms with van der Waals surface area (Å²) in [7, 11) is 0. The molecule has 0 unspecified atom stereocenters. The van der Waals surface area contributed by atoms with E-state index in [1.54, 1.807) is 22.7 Å². The summed E-state index contributed by atoms with van der Waals surface area (Å²) in [6, 6.07) is 1.87. The van der Waals surface area contributed by atoms with E-state index in [0.29, 0.717) is 11.1 Å². The van der Waals surface area contributed by atoms with Gasteiger partial charge in [-0.25, -0.2) is 4.68 Å². The molecule has 1 aliphatic rings. The second-order valence-corrected chi connectivity index (χ2v) is 5.86. The summed E-state index contributed by atoms with van der Waals surface area (Å²) in [5.41, 5.74) is 0.906. The first-order valence-electron chi connectivity index (χ1n) is 6.17. The average molecular weight is 264 g/mol. The van der Waals surface area contributed by atoms with E-state index in [4.69, 9.17) is 10.3 Å². The lowest BCUT2D eigenvalue weighted by Gasteiger charge is -2.07. The minimum Gasteiger partial charge on any atom is -0.469 e. The molecule has 0 amide bonds. The van der Waals surface area contributed by atoms with Crippen molar-refractivity contribution in [3.8, 4) is 11.4 Å². The third-order valence-electron chi connectivity index (χ3n) is 3.34. The van der Waals surface area contributed by atoms with Gasteiger partial charge in [-0.1, -0.05) is 24.6 Å². The molecule has 1 aliphatic carbocycles. The molecule has 0 saturated heterocycles. The van der Waals surface area contributed by atoms with Crippen molar-refractivity contribution in [2.24, 2.45) is 0 Å². The van der Waals surface area contributed by atoms with Crippen LogP contribution in [-0.2, 0) is 0 Å². The number of furan rings is 1. The lowest BCUT2D eigenvalue weighted by molar-refractivity contribution is 0.535. The number of aryl methyl sites for hydroxylation is 1. The summed E-state index contributed by atoms with van der Waals surface area (Å²) in [6.45, 7) is 1.90. The van der Waals surface area contributed by atoms with E-state index >= 15 is 0 Å². The highest BCUT2D eigenvalue weighted by molar-refractivity contribution is 7.99. The quantitative estimate of drug-likeness (QED) is 0.863. The predicted molar refractivity (Wildman–Crippen MR) is 70.7 cm³/mol. The second kappa shape index (κ2) is 4.68. The van der Waals surface area contributed by atoms with E-state index < -0.39 is 0 Å². The van der Waals surface area contributed by atoms with E-state index in [0.717, 1.165) is 16.5 Å². The zero-order valence-corrected chi connectivity index (χ0v) is 11.1. The minimum absolute atomic E-state index is 0.634.